The predicted molar refractivity (Wildman–Crippen MR) is 115 cm³/mol. The Morgan fingerprint density at radius 3 is 2.50 bits per heavy atom. The molecule has 1 N–H and O–H groups in total. The summed E-state index contributed by atoms with van der Waals surface area (Å²) in [6.07, 6.45) is 2.27. The molecule has 0 aromatic heterocycles. The van der Waals surface area contributed by atoms with E-state index in [1.54, 1.807) is 0 Å². The molecule has 4 nitrogen and oxygen atoms in total. The molecular formula is C19H33IN4. The molecule has 1 saturated heterocycles. The van der Waals surface area contributed by atoms with Crippen molar-refractivity contribution in [2.24, 2.45) is 4.99 Å². The largest absolute Gasteiger partial charge is 0.356 e. The van der Waals surface area contributed by atoms with E-state index in [1.807, 2.05) is 7.05 Å². The number of hydrogen-bond donors (Lipinski definition) is 1. The first-order valence-corrected chi connectivity index (χ1v) is 8.93. The van der Waals surface area contributed by atoms with Crippen LogP contribution in [0.4, 0.5) is 0 Å². The van der Waals surface area contributed by atoms with Crippen molar-refractivity contribution in [2.75, 3.05) is 39.8 Å². The van der Waals surface area contributed by atoms with Gasteiger partial charge in [-0.05, 0) is 38.4 Å². The van der Waals surface area contributed by atoms with Gasteiger partial charge in [0.05, 0.1) is 0 Å². The number of hydrogen-bond acceptors (Lipinski definition) is 2. The molecule has 1 aromatic carbocycles. The van der Waals surface area contributed by atoms with Gasteiger partial charge in [0.2, 0.25) is 0 Å². The molecule has 1 aliphatic heterocycles. The number of aliphatic imine (C=N–C) groups is 1. The van der Waals surface area contributed by atoms with Crippen molar-refractivity contribution in [3.63, 3.8) is 0 Å². The Kier molecular flexibility index (Phi) is 9.66. The van der Waals surface area contributed by atoms with Crippen LogP contribution < -0.4 is 5.32 Å². The summed E-state index contributed by atoms with van der Waals surface area (Å²) in [5.74, 6) is 1.05. The summed E-state index contributed by atoms with van der Waals surface area (Å²) in [5, 5.41) is 3.53. The Hall–Kier alpha value is -0.820. The fraction of sp³-hybridized carbons (Fsp3) is 0.632. The van der Waals surface area contributed by atoms with E-state index in [-0.39, 0.29) is 24.0 Å². The zero-order valence-corrected chi connectivity index (χ0v) is 17.9. The molecule has 1 unspecified atom stereocenters. The maximum atomic E-state index is 4.47. The molecule has 0 saturated carbocycles. The summed E-state index contributed by atoms with van der Waals surface area (Å²) in [5.41, 5.74) is 2.69. The first kappa shape index (κ1) is 21.2. The minimum absolute atomic E-state index is 0. The zero-order valence-electron chi connectivity index (χ0n) is 15.6. The van der Waals surface area contributed by atoms with Crippen LogP contribution in [0.1, 0.15) is 31.4 Å². The third kappa shape index (κ3) is 5.92. The minimum atomic E-state index is 0. The van der Waals surface area contributed by atoms with Gasteiger partial charge in [0.25, 0.3) is 0 Å². The Morgan fingerprint density at radius 2 is 1.92 bits per heavy atom. The lowest BCUT2D eigenvalue weighted by Crippen LogP contribution is -2.43. The summed E-state index contributed by atoms with van der Waals surface area (Å²) in [6, 6.07) is 9.46. The highest BCUT2D eigenvalue weighted by Crippen LogP contribution is 2.15. The second-order valence-electron chi connectivity index (χ2n) is 6.32. The van der Waals surface area contributed by atoms with E-state index < -0.39 is 0 Å². The van der Waals surface area contributed by atoms with Crippen LogP contribution in [0.25, 0.3) is 0 Å². The standard InChI is InChI=1S/C19H32N4.HI/c1-5-22(6-2)18-12-14-23(15-18)19(20-4)21-13-11-17-9-7-16(3)8-10-17;/h7-10,18H,5-6,11-15H2,1-4H3,(H,20,21);1H. The molecule has 0 aliphatic carbocycles. The van der Waals surface area contributed by atoms with Gasteiger partial charge in [0, 0.05) is 32.7 Å². The highest BCUT2D eigenvalue weighted by atomic mass is 127. The summed E-state index contributed by atoms with van der Waals surface area (Å²) < 4.78 is 0. The minimum Gasteiger partial charge on any atom is -0.356 e. The van der Waals surface area contributed by atoms with Crippen LogP contribution in [0.5, 0.6) is 0 Å². The second kappa shape index (κ2) is 10.9. The number of likely N-dealkylation sites (tertiary alicyclic amines) is 1. The Labute approximate surface area is 164 Å². The quantitative estimate of drug-likeness (QED) is 0.416. The van der Waals surface area contributed by atoms with E-state index >= 15 is 0 Å². The molecule has 1 fully saturated rings. The Morgan fingerprint density at radius 1 is 1.25 bits per heavy atom. The maximum absolute atomic E-state index is 4.47. The molecule has 1 aromatic rings. The van der Waals surface area contributed by atoms with Gasteiger partial charge in [0.1, 0.15) is 0 Å². The van der Waals surface area contributed by atoms with Crippen LogP contribution in [0.15, 0.2) is 29.3 Å². The fourth-order valence-electron chi connectivity index (χ4n) is 3.38. The second-order valence-corrected chi connectivity index (χ2v) is 6.32. The summed E-state index contributed by atoms with van der Waals surface area (Å²) in [6.45, 7) is 12.0. The highest BCUT2D eigenvalue weighted by molar-refractivity contribution is 14.0. The van der Waals surface area contributed by atoms with Crippen molar-refractivity contribution in [1.29, 1.82) is 0 Å². The predicted octanol–water partition coefficient (Wildman–Crippen LogP) is 3.15. The van der Waals surface area contributed by atoms with E-state index in [2.05, 4.69) is 65.1 Å². The number of benzene rings is 1. The van der Waals surface area contributed by atoms with Crippen LogP contribution in [-0.2, 0) is 6.42 Å². The number of rotatable bonds is 6. The highest BCUT2D eigenvalue weighted by Gasteiger charge is 2.27. The molecule has 1 heterocycles. The van der Waals surface area contributed by atoms with E-state index in [0.29, 0.717) is 6.04 Å². The number of halogens is 1. The normalized spacial score (nSPS) is 18.0. The molecule has 5 heteroatoms. The lowest BCUT2D eigenvalue weighted by atomic mass is 10.1. The van der Waals surface area contributed by atoms with E-state index in [1.165, 1.54) is 17.5 Å². The fourth-order valence-corrected chi connectivity index (χ4v) is 3.38. The maximum Gasteiger partial charge on any atom is 0.193 e. The number of aryl methyl sites for hydroxylation is 1. The van der Waals surface area contributed by atoms with Crippen molar-refractivity contribution in [2.45, 2.75) is 39.7 Å². The van der Waals surface area contributed by atoms with Crippen LogP contribution in [0, 0.1) is 6.92 Å². The molecular weight excluding hydrogens is 411 g/mol. The van der Waals surface area contributed by atoms with Gasteiger partial charge in [-0.25, -0.2) is 0 Å². The lowest BCUT2D eigenvalue weighted by molar-refractivity contribution is 0.223. The molecule has 0 spiro atoms. The smallest absolute Gasteiger partial charge is 0.193 e. The van der Waals surface area contributed by atoms with Crippen LogP contribution >= 0.6 is 24.0 Å². The number of guanidine groups is 1. The molecule has 0 radical (unpaired) electrons. The van der Waals surface area contributed by atoms with Crippen LogP contribution in [0.3, 0.4) is 0 Å². The third-order valence-electron chi connectivity index (χ3n) is 4.82. The molecule has 24 heavy (non-hydrogen) atoms. The SMILES string of the molecule is CCN(CC)C1CCN(C(=NC)NCCc2ccc(C)cc2)C1.I. The Balaban J connectivity index is 0.00000288. The molecule has 2 rings (SSSR count). The van der Waals surface area contributed by atoms with Gasteiger partial charge >= 0.3 is 0 Å². The van der Waals surface area contributed by atoms with E-state index in [4.69, 9.17) is 0 Å². The average molecular weight is 444 g/mol. The van der Waals surface area contributed by atoms with Gasteiger partial charge in [-0.2, -0.15) is 0 Å². The summed E-state index contributed by atoms with van der Waals surface area (Å²) in [7, 11) is 1.89. The topological polar surface area (TPSA) is 30.9 Å². The van der Waals surface area contributed by atoms with Crippen LogP contribution in [0.2, 0.25) is 0 Å². The first-order valence-electron chi connectivity index (χ1n) is 8.93. The van der Waals surface area contributed by atoms with Gasteiger partial charge in [-0.1, -0.05) is 43.7 Å². The number of nitrogens with zero attached hydrogens (tertiary/aromatic N) is 3. The van der Waals surface area contributed by atoms with Crippen molar-refractivity contribution in [3.05, 3.63) is 35.4 Å². The molecule has 1 aliphatic rings. The van der Waals surface area contributed by atoms with Crippen molar-refractivity contribution in [3.8, 4) is 0 Å². The lowest BCUT2D eigenvalue weighted by Gasteiger charge is -2.27. The van der Waals surface area contributed by atoms with Crippen molar-refractivity contribution in [1.82, 2.24) is 15.1 Å². The van der Waals surface area contributed by atoms with Crippen molar-refractivity contribution < 1.29 is 0 Å². The van der Waals surface area contributed by atoms with Gasteiger partial charge in [0.15, 0.2) is 5.96 Å². The van der Waals surface area contributed by atoms with Gasteiger partial charge < -0.3 is 10.2 Å². The molecule has 0 bridgehead atoms. The summed E-state index contributed by atoms with van der Waals surface area (Å²) >= 11 is 0. The van der Waals surface area contributed by atoms with Gasteiger partial charge in [-0.3, -0.25) is 9.89 Å². The zero-order chi connectivity index (χ0) is 16.7. The number of likely N-dealkylation sites (N-methyl/N-ethyl adjacent to an activating group) is 1. The first-order chi connectivity index (χ1) is 11.2. The monoisotopic (exact) mass is 444 g/mol. The molecule has 136 valence electrons. The van der Waals surface area contributed by atoms with E-state index in [9.17, 15) is 0 Å². The van der Waals surface area contributed by atoms with Crippen LogP contribution in [-0.4, -0.2) is 61.6 Å². The molecule has 1 atom stereocenters. The third-order valence-corrected chi connectivity index (χ3v) is 4.82. The molecule has 0 amide bonds. The van der Waals surface area contributed by atoms with E-state index in [0.717, 1.165) is 45.1 Å². The summed E-state index contributed by atoms with van der Waals surface area (Å²) in [4.78, 5) is 9.43. The van der Waals surface area contributed by atoms with Gasteiger partial charge in [-0.15, -0.1) is 24.0 Å². The Bertz CT molecular complexity index is 497. The van der Waals surface area contributed by atoms with Crippen molar-refractivity contribution >= 4 is 29.9 Å². The average Bonchev–Trinajstić information content (AvgIpc) is 3.04. The number of nitrogens with one attached hydrogen (secondary N) is 1.